The van der Waals surface area contributed by atoms with Crippen molar-refractivity contribution in [2.45, 2.75) is 110 Å². The molecule has 0 aliphatic rings. The first-order valence-corrected chi connectivity index (χ1v) is 14.7. The third-order valence-electron chi connectivity index (χ3n) is 5.76. The van der Waals surface area contributed by atoms with Crippen LogP contribution in [0.1, 0.15) is 110 Å². The minimum atomic E-state index is -3.58. The van der Waals surface area contributed by atoms with E-state index in [2.05, 4.69) is 52.0 Å². The molecule has 1 rings (SSSR count). The predicted molar refractivity (Wildman–Crippen MR) is 146 cm³/mol. The molecule has 34 heavy (non-hydrogen) atoms. The van der Waals surface area contributed by atoms with Crippen LogP contribution >= 0.6 is 7.82 Å². The molecule has 0 aliphatic heterocycles. The summed E-state index contributed by atoms with van der Waals surface area (Å²) >= 11 is 0. The molecule has 0 saturated heterocycles. The minimum Gasteiger partial charge on any atom is -0.404 e. The van der Waals surface area contributed by atoms with Crippen molar-refractivity contribution in [1.82, 2.24) is 0 Å². The van der Waals surface area contributed by atoms with Crippen molar-refractivity contribution in [1.29, 1.82) is 0 Å². The Kier molecular flexibility index (Phi) is 16.2. The number of phosphoric acid groups is 1. The van der Waals surface area contributed by atoms with Crippen molar-refractivity contribution in [3.05, 3.63) is 54.1 Å². The quantitative estimate of drug-likeness (QED) is 0.109. The highest BCUT2D eigenvalue weighted by atomic mass is 31.2. The molecule has 0 aliphatic carbocycles. The van der Waals surface area contributed by atoms with E-state index < -0.39 is 7.82 Å². The Morgan fingerprint density at radius 2 is 1.35 bits per heavy atom. The van der Waals surface area contributed by atoms with Crippen molar-refractivity contribution in [3.8, 4) is 5.75 Å². The molecule has 194 valence electrons. The zero-order valence-electron chi connectivity index (χ0n) is 22.4. The van der Waals surface area contributed by atoms with Gasteiger partial charge in [0.1, 0.15) is 5.75 Å². The van der Waals surface area contributed by atoms with E-state index in [0.717, 1.165) is 25.7 Å². The lowest BCUT2D eigenvalue weighted by molar-refractivity contribution is 0.176. The fraction of sp³-hybridized carbons (Fsp3) is 0.655. The maximum absolute atomic E-state index is 12.7. The van der Waals surface area contributed by atoms with Crippen LogP contribution in [0, 0.1) is 0 Å². The van der Waals surface area contributed by atoms with E-state index in [9.17, 15) is 4.57 Å². The summed E-state index contributed by atoms with van der Waals surface area (Å²) in [7, 11) is -2.22. The summed E-state index contributed by atoms with van der Waals surface area (Å²) in [5.74, 6) is 0.496. The van der Waals surface area contributed by atoms with Crippen molar-refractivity contribution in [3.63, 3.8) is 0 Å². The highest BCUT2D eigenvalue weighted by Crippen LogP contribution is 2.49. The zero-order valence-corrected chi connectivity index (χ0v) is 23.3. The van der Waals surface area contributed by atoms with Crippen LogP contribution < -0.4 is 4.52 Å². The molecule has 5 heteroatoms. The first-order valence-electron chi connectivity index (χ1n) is 13.2. The van der Waals surface area contributed by atoms with Crippen LogP contribution in [0.3, 0.4) is 0 Å². The average molecular weight is 493 g/mol. The van der Waals surface area contributed by atoms with Gasteiger partial charge in [-0.15, -0.1) is 0 Å². The Morgan fingerprint density at radius 1 is 0.794 bits per heavy atom. The molecular weight excluding hydrogens is 443 g/mol. The first kappa shape index (κ1) is 30.7. The number of rotatable bonds is 19. The van der Waals surface area contributed by atoms with Gasteiger partial charge in [-0.1, -0.05) is 103 Å². The normalized spacial score (nSPS) is 14.1. The summed E-state index contributed by atoms with van der Waals surface area (Å²) in [5, 5.41) is 0. The molecule has 0 bridgehead atoms. The van der Waals surface area contributed by atoms with Gasteiger partial charge in [0.25, 0.3) is 0 Å². The summed E-state index contributed by atoms with van der Waals surface area (Å²) in [5.41, 5.74) is 1.25. The second-order valence-electron chi connectivity index (χ2n) is 9.91. The van der Waals surface area contributed by atoms with Crippen molar-refractivity contribution in [2.24, 2.45) is 0 Å². The first-order chi connectivity index (χ1) is 16.3. The van der Waals surface area contributed by atoms with Gasteiger partial charge < -0.3 is 4.52 Å². The average Bonchev–Trinajstić information content (AvgIpc) is 2.81. The zero-order chi connectivity index (χ0) is 25.1. The second kappa shape index (κ2) is 18.0. The summed E-state index contributed by atoms with van der Waals surface area (Å²) in [6.45, 7) is 9.07. The molecule has 1 atom stereocenters. The lowest BCUT2D eigenvalue weighted by Crippen LogP contribution is -2.10. The maximum Gasteiger partial charge on any atom is 0.529 e. The lowest BCUT2D eigenvalue weighted by Gasteiger charge is -2.20. The van der Waals surface area contributed by atoms with Crippen molar-refractivity contribution >= 4 is 7.82 Å². The van der Waals surface area contributed by atoms with Crippen molar-refractivity contribution in [2.75, 3.05) is 13.7 Å². The smallest absolute Gasteiger partial charge is 0.404 e. The molecule has 0 amide bonds. The van der Waals surface area contributed by atoms with Gasteiger partial charge in [-0.05, 0) is 61.6 Å². The topological polar surface area (TPSA) is 44.8 Å². The van der Waals surface area contributed by atoms with Gasteiger partial charge in [0.05, 0.1) is 6.61 Å². The van der Waals surface area contributed by atoms with E-state index in [4.69, 9.17) is 13.6 Å². The highest BCUT2D eigenvalue weighted by molar-refractivity contribution is 7.48. The predicted octanol–water partition coefficient (Wildman–Crippen LogP) is 9.95. The van der Waals surface area contributed by atoms with Gasteiger partial charge >= 0.3 is 7.82 Å². The molecule has 0 N–H and O–H groups in total. The third-order valence-corrected chi connectivity index (χ3v) is 7.14. The van der Waals surface area contributed by atoms with Crippen LogP contribution in [0.25, 0.3) is 0 Å². The molecular formula is C29H49O4P. The van der Waals surface area contributed by atoms with Gasteiger partial charge in [0, 0.05) is 7.11 Å². The molecule has 0 aromatic heterocycles. The molecule has 0 fully saturated rings. The summed E-state index contributed by atoms with van der Waals surface area (Å²) in [4.78, 5) is 0. The van der Waals surface area contributed by atoms with Crippen LogP contribution in [-0.4, -0.2) is 13.7 Å². The third kappa shape index (κ3) is 14.8. The van der Waals surface area contributed by atoms with E-state index in [0.29, 0.717) is 12.4 Å². The number of benzene rings is 1. The van der Waals surface area contributed by atoms with Crippen LogP contribution in [0.2, 0.25) is 0 Å². The highest BCUT2D eigenvalue weighted by Gasteiger charge is 2.26. The number of hydrogen-bond acceptors (Lipinski definition) is 4. The summed E-state index contributed by atoms with van der Waals surface area (Å²) in [6.07, 6.45) is 23.4. The van der Waals surface area contributed by atoms with Gasteiger partial charge in [0.15, 0.2) is 0 Å². The Balaban J connectivity index is 2.09. The van der Waals surface area contributed by atoms with Crippen LogP contribution in [0.4, 0.5) is 0 Å². The SMILES string of the molecule is CCCCC/C=C\C/C=C\CCCCCCCCOP(=O)(OC)Oc1ccc(C(C)(C)C)cc1. The van der Waals surface area contributed by atoms with Gasteiger partial charge in [-0.2, -0.15) is 0 Å². The summed E-state index contributed by atoms with van der Waals surface area (Å²) < 4.78 is 28.8. The van der Waals surface area contributed by atoms with Gasteiger partial charge in [0.2, 0.25) is 0 Å². The molecule has 4 nitrogen and oxygen atoms in total. The van der Waals surface area contributed by atoms with Crippen LogP contribution in [0.15, 0.2) is 48.6 Å². The van der Waals surface area contributed by atoms with Crippen LogP contribution in [0.5, 0.6) is 5.75 Å². The van der Waals surface area contributed by atoms with E-state index >= 15 is 0 Å². The number of allylic oxidation sites excluding steroid dienone is 4. The standard InChI is InChI=1S/C29H49O4P/c1-6-7-8-9-10-11-12-13-14-15-16-17-18-19-20-21-26-32-34(30,31-5)33-28-24-22-27(23-25-28)29(2,3)4/h10-11,13-14,22-25H,6-9,12,15-21,26H2,1-5H3/b11-10-,14-13-. The molecule has 0 spiro atoms. The van der Waals surface area contributed by atoms with Crippen molar-refractivity contribution < 1.29 is 18.1 Å². The van der Waals surface area contributed by atoms with Gasteiger partial charge in [-0.25, -0.2) is 4.57 Å². The fourth-order valence-corrected chi connectivity index (χ4v) is 4.49. The number of unbranched alkanes of at least 4 members (excludes halogenated alkanes) is 9. The van der Waals surface area contributed by atoms with E-state index in [1.165, 1.54) is 64.0 Å². The molecule has 1 aromatic carbocycles. The van der Waals surface area contributed by atoms with E-state index in [-0.39, 0.29) is 5.41 Å². The Hall–Kier alpha value is -1.35. The number of hydrogen-bond donors (Lipinski definition) is 0. The number of phosphoric ester groups is 1. The molecule has 0 heterocycles. The molecule has 0 radical (unpaired) electrons. The second-order valence-corrected chi connectivity index (χ2v) is 11.6. The summed E-state index contributed by atoms with van der Waals surface area (Å²) in [6, 6.07) is 7.60. The molecule has 0 saturated carbocycles. The van der Waals surface area contributed by atoms with E-state index in [1.54, 1.807) is 0 Å². The Morgan fingerprint density at radius 3 is 1.91 bits per heavy atom. The fourth-order valence-electron chi connectivity index (χ4n) is 3.53. The Bertz CT molecular complexity index is 731. The molecule has 1 aromatic rings. The monoisotopic (exact) mass is 492 g/mol. The lowest BCUT2D eigenvalue weighted by atomic mass is 9.87. The largest absolute Gasteiger partial charge is 0.529 e. The Labute approximate surface area is 209 Å². The van der Waals surface area contributed by atoms with Gasteiger partial charge in [-0.3, -0.25) is 9.05 Å². The van der Waals surface area contributed by atoms with Crippen LogP contribution in [-0.2, 0) is 19.0 Å². The minimum absolute atomic E-state index is 0.0571. The van der Waals surface area contributed by atoms with E-state index in [1.807, 2.05) is 24.3 Å². The maximum atomic E-state index is 12.7. The molecule has 1 unspecified atom stereocenters.